The predicted octanol–water partition coefficient (Wildman–Crippen LogP) is -0.727. The molecule has 2 saturated heterocycles. The number of carbonyl (C=O) groups excluding carboxylic acids is 1. The molecule has 1 atom stereocenters. The van der Waals surface area contributed by atoms with Gasteiger partial charge in [-0.25, -0.2) is 14.8 Å². The molecule has 0 bridgehead atoms. The highest BCUT2D eigenvalue weighted by molar-refractivity contribution is 5.77. The highest BCUT2D eigenvalue weighted by Crippen LogP contribution is 2.22. The van der Waals surface area contributed by atoms with Gasteiger partial charge in [-0.2, -0.15) is 0 Å². The summed E-state index contributed by atoms with van der Waals surface area (Å²) in [6.45, 7) is 2.89. The first kappa shape index (κ1) is 10.1. The van der Waals surface area contributed by atoms with E-state index in [4.69, 9.17) is 5.73 Å². The third kappa shape index (κ3) is 1.63. The molecule has 0 aromatic carbocycles. The van der Waals surface area contributed by atoms with E-state index in [0.717, 1.165) is 13.1 Å². The number of hydrogen-bond donors (Lipinski definition) is 2. The Morgan fingerprint density at radius 2 is 2.18 bits per heavy atom. The number of urea groups is 1. The van der Waals surface area contributed by atoms with Crippen molar-refractivity contribution >= 4 is 17.7 Å². The molecule has 2 aliphatic heterocycles. The second kappa shape index (κ2) is 3.76. The summed E-state index contributed by atoms with van der Waals surface area (Å²) in [6.07, 6.45) is 3.21. The van der Waals surface area contributed by atoms with Crippen LogP contribution >= 0.6 is 0 Å². The van der Waals surface area contributed by atoms with Crippen molar-refractivity contribution in [3.63, 3.8) is 0 Å². The van der Waals surface area contributed by atoms with Crippen LogP contribution in [0.5, 0.6) is 0 Å². The van der Waals surface area contributed by atoms with Gasteiger partial charge < -0.3 is 20.9 Å². The van der Waals surface area contributed by atoms with Gasteiger partial charge >= 0.3 is 6.03 Å². The number of aromatic nitrogens is 2. The van der Waals surface area contributed by atoms with E-state index < -0.39 is 0 Å². The van der Waals surface area contributed by atoms with Gasteiger partial charge in [0.1, 0.15) is 0 Å². The zero-order valence-electron chi connectivity index (χ0n) is 9.33. The van der Waals surface area contributed by atoms with Crippen LogP contribution in [0.25, 0.3) is 0 Å². The van der Waals surface area contributed by atoms with Gasteiger partial charge in [-0.1, -0.05) is 0 Å². The Hall–Kier alpha value is -2.05. The zero-order valence-corrected chi connectivity index (χ0v) is 9.33. The number of nitrogens with two attached hydrogens (primary N) is 1. The van der Waals surface area contributed by atoms with Gasteiger partial charge in [-0.3, -0.25) is 0 Å². The van der Waals surface area contributed by atoms with E-state index in [1.54, 1.807) is 12.4 Å². The van der Waals surface area contributed by atoms with Crippen molar-refractivity contribution in [2.45, 2.75) is 6.04 Å². The fraction of sp³-hybridized carbons (Fsp3) is 0.500. The molecule has 2 fully saturated rings. The van der Waals surface area contributed by atoms with Crippen LogP contribution in [0, 0.1) is 0 Å². The molecule has 1 unspecified atom stereocenters. The summed E-state index contributed by atoms with van der Waals surface area (Å²) in [5.41, 5.74) is 5.80. The number of nitrogens with zero attached hydrogens (tertiary/aromatic N) is 4. The third-order valence-electron chi connectivity index (χ3n) is 3.24. The minimum atomic E-state index is 0.0294. The summed E-state index contributed by atoms with van der Waals surface area (Å²) < 4.78 is 0. The number of nitrogen functional groups attached to an aromatic ring is 1. The number of fused-ring (bicyclic) bond motifs is 1. The summed E-state index contributed by atoms with van der Waals surface area (Å²) in [4.78, 5) is 23.7. The van der Waals surface area contributed by atoms with E-state index in [2.05, 4.69) is 20.2 Å². The number of nitrogens with one attached hydrogen (secondary N) is 1. The Morgan fingerprint density at radius 1 is 1.35 bits per heavy atom. The lowest BCUT2D eigenvalue weighted by Crippen LogP contribution is -2.52. The van der Waals surface area contributed by atoms with Gasteiger partial charge in [0.25, 0.3) is 0 Å². The first-order chi connectivity index (χ1) is 8.25. The molecule has 17 heavy (non-hydrogen) atoms. The molecule has 3 heterocycles. The standard InChI is InChI=1S/C10H14N6O/c11-8-9(13-2-1-12-8)15-3-4-16-7(6-15)5-14-10(16)17/h1-2,7H,3-6H2,(H2,11,12)(H,14,17). The lowest BCUT2D eigenvalue weighted by atomic mass is 10.2. The largest absolute Gasteiger partial charge is 0.381 e. The van der Waals surface area contributed by atoms with Crippen molar-refractivity contribution in [3.8, 4) is 0 Å². The molecule has 7 heteroatoms. The van der Waals surface area contributed by atoms with Crippen LogP contribution in [0.4, 0.5) is 16.4 Å². The summed E-state index contributed by atoms with van der Waals surface area (Å²) in [7, 11) is 0. The summed E-state index contributed by atoms with van der Waals surface area (Å²) in [5.74, 6) is 1.16. The molecule has 0 saturated carbocycles. The fourth-order valence-corrected chi connectivity index (χ4v) is 2.38. The van der Waals surface area contributed by atoms with Gasteiger partial charge in [0, 0.05) is 38.6 Å². The molecule has 0 aliphatic carbocycles. The first-order valence-corrected chi connectivity index (χ1v) is 5.61. The molecular weight excluding hydrogens is 220 g/mol. The van der Waals surface area contributed by atoms with E-state index in [0.29, 0.717) is 24.7 Å². The van der Waals surface area contributed by atoms with Crippen LogP contribution in [0.3, 0.4) is 0 Å². The minimum Gasteiger partial charge on any atom is -0.381 e. The van der Waals surface area contributed by atoms with E-state index >= 15 is 0 Å². The highest BCUT2D eigenvalue weighted by Gasteiger charge is 2.36. The van der Waals surface area contributed by atoms with Gasteiger partial charge in [0.2, 0.25) is 0 Å². The van der Waals surface area contributed by atoms with Crippen molar-refractivity contribution < 1.29 is 4.79 Å². The van der Waals surface area contributed by atoms with Crippen molar-refractivity contribution in [3.05, 3.63) is 12.4 Å². The minimum absolute atomic E-state index is 0.0294. The fourth-order valence-electron chi connectivity index (χ4n) is 2.38. The van der Waals surface area contributed by atoms with Crippen molar-refractivity contribution in [1.82, 2.24) is 20.2 Å². The second-order valence-electron chi connectivity index (χ2n) is 4.24. The molecule has 0 spiro atoms. The molecule has 2 aliphatic rings. The van der Waals surface area contributed by atoms with Crippen molar-refractivity contribution in [2.24, 2.45) is 0 Å². The first-order valence-electron chi connectivity index (χ1n) is 5.61. The zero-order chi connectivity index (χ0) is 11.8. The highest BCUT2D eigenvalue weighted by atomic mass is 16.2. The van der Waals surface area contributed by atoms with E-state index in [1.165, 1.54) is 0 Å². The summed E-state index contributed by atoms with van der Waals surface area (Å²) in [5, 5.41) is 2.84. The second-order valence-corrected chi connectivity index (χ2v) is 4.24. The maximum atomic E-state index is 11.5. The van der Waals surface area contributed by atoms with Crippen LogP contribution in [0.1, 0.15) is 0 Å². The van der Waals surface area contributed by atoms with E-state index in [-0.39, 0.29) is 12.1 Å². The monoisotopic (exact) mass is 234 g/mol. The Morgan fingerprint density at radius 3 is 3.00 bits per heavy atom. The molecule has 2 amide bonds. The van der Waals surface area contributed by atoms with Crippen molar-refractivity contribution in [2.75, 3.05) is 36.8 Å². The van der Waals surface area contributed by atoms with Crippen LogP contribution in [-0.2, 0) is 0 Å². The van der Waals surface area contributed by atoms with Crippen LogP contribution < -0.4 is 16.0 Å². The van der Waals surface area contributed by atoms with Gasteiger partial charge in [0.15, 0.2) is 11.6 Å². The molecular formula is C10H14N6O. The Kier molecular flexibility index (Phi) is 2.24. The smallest absolute Gasteiger partial charge is 0.317 e. The van der Waals surface area contributed by atoms with Gasteiger partial charge in [-0.05, 0) is 0 Å². The van der Waals surface area contributed by atoms with Gasteiger partial charge in [0.05, 0.1) is 6.04 Å². The molecule has 3 N–H and O–H groups in total. The molecule has 1 aromatic heterocycles. The quantitative estimate of drug-likeness (QED) is 0.669. The molecule has 90 valence electrons. The normalized spacial score (nSPS) is 23.5. The summed E-state index contributed by atoms with van der Waals surface area (Å²) in [6, 6.07) is 0.236. The number of rotatable bonds is 1. The predicted molar refractivity (Wildman–Crippen MR) is 62.6 cm³/mol. The third-order valence-corrected chi connectivity index (χ3v) is 3.24. The number of carbonyl (C=O) groups is 1. The van der Waals surface area contributed by atoms with E-state index in [1.807, 2.05) is 4.90 Å². The maximum Gasteiger partial charge on any atom is 0.317 e. The van der Waals surface area contributed by atoms with Crippen LogP contribution in [-0.4, -0.2) is 53.1 Å². The molecule has 3 rings (SSSR count). The van der Waals surface area contributed by atoms with Crippen LogP contribution in [0.2, 0.25) is 0 Å². The van der Waals surface area contributed by atoms with Crippen LogP contribution in [0.15, 0.2) is 12.4 Å². The topological polar surface area (TPSA) is 87.4 Å². The number of hydrogen-bond acceptors (Lipinski definition) is 5. The average Bonchev–Trinajstić information content (AvgIpc) is 2.71. The van der Waals surface area contributed by atoms with Gasteiger partial charge in [-0.15, -0.1) is 0 Å². The van der Waals surface area contributed by atoms with E-state index in [9.17, 15) is 4.79 Å². The lowest BCUT2D eigenvalue weighted by Gasteiger charge is -2.37. The number of amides is 2. The maximum absolute atomic E-state index is 11.5. The molecule has 1 aromatic rings. The summed E-state index contributed by atoms with van der Waals surface area (Å²) >= 11 is 0. The average molecular weight is 234 g/mol. The molecule has 0 radical (unpaired) electrons. The Bertz CT molecular complexity index is 450. The van der Waals surface area contributed by atoms with Crippen molar-refractivity contribution in [1.29, 1.82) is 0 Å². The SMILES string of the molecule is Nc1nccnc1N1CCN2C(=O)NCC2C1. The number of piperazine rings is 1. The molecule has 7 nitrogen and oxygen atoms in total. The Balaban J connectivity index is 1.80. The lowest BCUT2D eigenvalue weighted by molar-refractivity contribution is 0.197. The number of anilines is 2. The Labute approximate surface area is 98.6 Å².